The summed E-state index contributed by atoms with van der Waals surface area (Å²) in [5.41, 5.74) is 7.75. The molecule has 1 aromatic carbocycles. The summed E-state index contributed by atoms with van der Waals surface area (Å²) in [6.45, 7) is 2.42. The average Bonchev–Trinajstić information content (AvgIpc) is 2.38. The number of nitrogens with zero attached hydrogens (tertiary/aromatic N) is 2. The third kappa shape index (κ3) is 2.93. The van der Waals surface area contributed by atoms with E-state index in [0.29, 0.717) is 23.9 Å². The molecule has 1 aromatic heterocycles. The lowest BCUT2D eigenvalue weighted by Crippen LogP contribution is -2.02. The lowest BCUT2D eigenvalue weighted by atomic mass is 10.1. The minimum absolute atomic E-state index is 0.330. The fraction of sp³-hybridized carbons (Fsp3) is 0.231. The van der Waals surface area contributed by atoms with E-state index in [1.165, 1.54) is 5.56 Å². The molecule has 0 fully saturated rings. The topological polar surface area (TPSA) is 61.0 Å². The van der Waals surface area contributed by atoms with Crippen molar-refractivity contribution in [2.24, 2.45) is 0 Å². The van der Waals surface area contributed by atoms with Gasteiger partial charge in [0.05, 0.1) is 5.69 Å². The number of ether oxygens (including phenoxy) is 1. The van der Waals surface area contributed by atoms with E-state index >= 15 is 0 Å². The molecule has 0 saturated carbocycles. The monoisotopic (exact) mass is 229 g/mol. The fourth-order valence-corrected chi connectivity index (χ4v) is 1.50. The highest BCUT2D eigenvalue weighted by Crippen LogP contribution is 2.23. The van der Waals surface area contributed by atoms with Crippen LogP contribution in [0.4, 0.5) is 5.69 Å². The molecule has 2 aromatic rings. The van der Waals surface area contributed by atoms with Crippen LogP contribution in [-0.2, 0) is 13.0 Å². The molecule has 0 amide bonds. The zero-order valence-electron chi connectivity index (χ0n) is 9.76. The molecule has 0 bridgehead atoms. The van der Waals surface area contributed by atoms with E-state index in [4.69, 9.17) is 10.5 Å². The van der Waals surface area contributed by atoms with Crippen LogP contribution in [0.1, 0.15) is 18.3 Å². The maximum Gasteiger partial charge on any atom is 0.166 e. The third-order valence-electron chi connectivity index (χ3n) is 2.46. The molecule has 0 aliphatic rings. The molecular weight excluding hydrogens is 214 g/mol. The average molecular weight is 229 g/mol. The van der Waals surface area contributed by atoms with Crippen LogP contribution in [0, 0.1) is 0 Å². The van der Waals surface area contributed by atoms with E-state index in [1.807, 2.05) is 18.2 Å². The molecule has 4 heteroatoms. The Hall–Kier alpha value is -2.10. The van der Waals surface area contributed by atoms with Crippen LogP contribution < -0.4 is 10.5 Å². The number of aromatic nitrogens is 2. The van der Waals surface area contributed by atoms with E-state index < -0.39 is 0 Å². The number of nitrogens with two attached hydrogens (primary N) is 1. The Labute approximate surface area is 100 Å². The van der Waals surface area contributed by atoms with Crippen molar-refractivity contribution in [3.63, 3.8) is 0 Å². The Morgan fingerprint density at radius 1 is 1.24 bits per heavy atom. The van der Waals surface area contributed by atoms with Crippen molar-refractivity contribution in [2.45, 2.75) is 20.0 Å². The zero-order valence-corrected chi connectivity index (χ0v) is 9.76. The van der Waals surface area contributed by atoms with Crippen LogP contribution >= 0.6 is 0 Å². The molecule has 0 atom stereocenters. The summed E-state index contributed by atoms with van der Waals surface area (Å²) in [5, 5.41) is 0. The van der Waals surface area contributed by atoms with Crippen LogP contribution in [-0.4, -0.2) is 9.97 Å². The predicted molar refractivity (Wildman–Crippen MR) is 66.6 cm³/mol. The number of aryl methyl sites for hydroxylation is 1. The van der Waals surface area contributed by atoms with Gasteiger partial charge in [-0.15, -0.1) is 0 Å². The number of rotatable bonds is 4. The number of hydrogen-bond donors (Lipinski definition) is 1. The fourth-order valence-electron chi connectivity index (χ4n) is 1.50. The van der Waals surface area contributed by atoms with Gasteiger partial charge in [-0.25, -0.2) is 9.97 Å². The lowest BCUT2D eigenvalue weighted by Gasteiger charge is -2.09. The van der Waals surface area contributed by atoms with E-state index in [-0.39, 0.29) is 0 Å². The first-order chi connectivity index (χ1) is 8.29. The van der Waals surface area contributed by atoms with Crippen molar-refractivity contribution in [3.05, 3.63) is 48.0 Å². The van der Waals surface area contributed by atoms with Gasteiger partial charge in [0.2, 0.25) is 0 Å². The Kier molecular flexibility index (Phi) is 3.55. The van der Waals surface area contributed by atoms with Crippen molar-refractivity contribution in [2.75, 3.05) is 5.73 Å². The van der Waals surface area contributed by atoms with Crippen molar-refractivity contribution in [1.29, 1.82) is 0 Å². The van der Waals surface area contributed by atoms with E-state index in [2.05, 4.69) is 16.9 Å². The Morgan fingerprint density at radius 3 is 2.65 bits per heavy atom. The molecular formula is C13H15N3O. The highest BCUT2D eigenvalue weighted by molar-refractivity contribution is 5.54. The molecule has 0 aliphatic carbocycles. The van der Waals surface area contributed by atoms with Crippen LogP contribution in [0.15, 0.2) is 36.7 Å². The molecule has 0 spiro atoms. The van der Waals surface area contributed by atoms with Crippen LogP contribution in [0.2, 0.25) is 0 Å². The quantitative estimate of drug-likeness (QED) is 0.816. The molecule has 4 nitrogen and oxygen atoms in total. The second-order valence-electron chi connectivity index (χ2n) is 3.68. The molecule has 0 aliphatic heterocycles. The smallest absolute Gasteiger partial charge is 0.166 e. The number of hydrogen-bond acceptors (Lipinski definition) is 4. The van der Waals surface area contributed by atoms with Gasteiger partial charge in [-0.05, 0) is 30.2 Å². The minimum Gasteiger partial charge on any atom is -0.483 e. The molecule has 1 heterocycles. The van der Waals surface area contributed by atoms with Gasteiger partial charge in [-0.1, -0.05) is 13.0 Å². The summed E-state index contributed by atoms with van der Waals surface area (Å²) >= 11 is 0. The van der Waals surface area contributed by atoms with Crippen LogP contribution in [0.25, 0.3) is 0 Å². The Morgan fingerprint density at radius 2 is 2.00 bits per heavy atom. The van der Waals surface area contributed by atoms with Gasteiger partial charge < -0.3 is 10.5 Å². The first kappa shape index (κ1) is 11.4. The highest BCUT2D eigenvalue weighted by Gasteiger charge is 2.02. The van der Waals surface area contributed by atoms with Gasteiger partial charge in [0.15, 0.2) is 5.82 Å². The molecule has 0 saturated heterocycles. The Balaban J connectivity index is 2.04. The van der Waals surface area contributed by atoms with E-state index in [1.54, 1.807) is 18.5 Å². The van der Waals surface area contributed by atoms with Crippen molar-refractivity contribution >= 4 is 5.69 Å². The zero-order chi connectivity index (χ0) is 12.1. The van der Waals surface area contributed by atoms with Crippen molar-refractivity contribution < 1.29 is 4.74 Å². The van der Waals surface area contributed by atoms with Crippen LogP contribution in [0.5, 0.6) is 5.75 Å². The third-order valence-corrected chi connectivity index (χ3v) is 2.46. The number of anilines is 1. The molecule has 2 rings (SSSR count). The molecule has 17 heavy (non-hydrogen) atoms. The summed E-state index contributed by atoms with van der Waals surface area (Å²) in [6, 6.07) is 7.60. The largest absolute Gasteiger partial charge is 0.483 e. The van der Waals surface area contributed by atoms with Crippen molar-refractivity contribution in [1.82, 2.24) is 9.97 Å². The molecule has 0 radical (unpaired) electrons. The normalized spacial score (nSPS) is 10.2. The van der Waals surface area contributed by atoms with Gasteiger partial charge in [0, 0.05) is 12.4 Å². The van der Waals surface area contributed by atoms with Gasteiger partial charge >= 0.3 is 0 Å². The van der Waals surface area contributed by atoms with E-state index in [0.717, 1.165) is 6.42 Å². The van der Waals surface area contributed by atoms with Gasteiger partial charge in [-0.2, -0.15) is 0 Å². The minimum atomic E-state index is 0.330. The summed E-state index contributed by atoms with van der Waals surface area (Å²) in [7, 11) is 0. The van der Waals surface area contributed by atoms with Crippen LogP contribution in [0.3, 0.4) is 0 Å². The van der Waals surface area contributed by atoms with Gasteiger partial charge in [0.1, 0.15) is 12.4 Å². The highest BCUT2D eigenvalue weighted by atomic mass is 16.5. The first-order valence-corrected chi connectivity index (χ1v) is 5.56. The summed E-state index contributed by atoms with van der Waals surface area (Å²) in [4.78, 5) is 8.16. The standard InChI is InChI=1S/C13H15N3O/c1-2-10-4-5-12(11(14)8-10)17-9-13-15-6-3-7-16-13/h3-8H,2,9,14H2,1H3. The summed E-state index contributed by atoms with van der Waals surface area (Å²) in [6.07, 6.45) is 4.34. The maximum atomic E-state index is 5.90. The lowest BCUT2D eigenvalue weighted by molar-refractivity contribution is 0.297. The summed E-state index contributed by atoms with van der Waals surface area (Å²) in [5.74, 6) is 1.32. The summed E-state index contributed by atoms with van der Waals surface area (Å²) < 4.78 is 5.57. The van der Waals surface area contributed by atoms with E-state index in [9.17, 15) is 0 Å². The number of benzene rings is 1. The van der Waals surface area contributed by atoms with Crippen molar-refractivity contribution in [3.8, 4) is 5.75 Å². The second kappa shape index (κ2) is 5.30. The second-order valence-corrected chi connectivity index (χ2v) is 3.68. The van der Waals surface area contributed by atoms with Gasteiger partial charge in [0.25, 0.3) is 0 Å². The maximum absolute atomic E-state index is 5.90. The molecule has 0 unspecified atom stereocenters. The molecule has 2 N–H and O–H groups in total. The molecule has 88 valence electrons. The SMILES string of the molecule is CCc1ccc(OCc2ncccn2)c(N)c1. The first-order valence-electron chi connectivity index (χ1n) is 5.56. The number of nitrogen functional groups attached to an aromatic ring is 1. The predicted octanol–water partition coefficient (Wildman–Crippen LogP) is 2.20. The Bertz CT molecular complexity index is 485. The van der Waals surface area contributed by atoms with Gasteiger partial charge in [-0.3, -0.25) is 0 Å².